The van der Waals surface area contributed by atoms with Gasteiger partial charge in [-0.3, -0.25) is 0 Å². The van der Waals surface area contributed by atoms with Gasteiger partial charge in [0.15, 0.2) is 3.92 Å². The molecule has 0 saturated carbocycles. The number of halogens is 1. The van der Waals surface area contributed by atoms with E-state index in [2.05, 4.69) is 25.6 Å². The van der Waals surface area contributed by atoms with Crippen molar-refractivity contribution >= 4 is 38.6 Å². The van der Waals surface area contributed by atoms with Crippen LogP contribution < -0.4 is 4.72 Å². The van der Waals surface area contributed by atoms with E-state index in [9.17, 15) is 4.55 Å². The molecule has 0 aliphatic heterocycles. The van der Waals surface area contributed by atoms with Crippen molar-refractivity contribution in [1.82, 2.24) is 9.71 Å². The molecule has 1 aromatic rings. The number of nitrogens with one attached hydrogen (secondary N) is 1. The van der Waals surface area contributed by atoms with E-state index in [1.54, 1.807) is 17.5 Å². The van der Waals surface area contributed by atoms with Crippen molar-refractivity contribution in [1.29, 1.82) is 0 Å². The maximum absolute atomic E-state index is 11.6. The zero-order valence-corrected chi connectivity index (χ0v) is 11.6. The van der Waals surface area contributed by atoms with Crippen molar-refractivity contribution in [2.24, 2.45) is 0 Å². The Bertz CT molecular complexity index is 298. The third-order valence-corrected chi connectivity index (χ3v) is 4.45. The van der Waals surface area contributed by atoms with Crippen LogP contribution in [0.3, 0.4) is 0 Å². The van der Waals surface area contributed by atoms with Gasteiger partial charge in [0.25, 0.3) is 0 Å². The Labute approximate surface area is 99.8 Å². The molecule has 14 heavy (non-hydrogen) atoms. The van der Waals surface area contributed by atoms with Gasteiger partial charge in [0.05, 0.1) is 6.54 Å². The number of rotatable bonds is 3. The Morgan fingerprint density at radius 1 is 1.64 bits per heavy atom. The van der Waals surface area contributed by atoms with Gasteiger partial charge in [0, 0.05) is 22.4 Å². The van der Waals surface area contributed by atoms with Gasteiger partial charge in [-0.05, 0) is 36.7 Å². The van der Waals surface area contributed by atoms with Crippen molar-refractivity contribution in [3.8, 4) is 0 Å². The van der Waals surface area contributed by atoms with Crippen LogP contribution in [0.1, 0.15) is 25.6 Å². The van der Waals surface area contributed by atoms with E-state index in [0.717, 1.165) is 8.79 Å². The first-order valence-corrected chi connectivity index (χ1v) is 6.91. The first kappa shape index (κ1) is 12.4. The first-order chi connectivity index (χ1) is 6.39. The summed E-state index contributed by atoms with van der Waals surface area (Å²) in [4.78, 5) is 5.13. The largest absolute Gasteiger partial charge is 0.598 e. The fourth-order valence-electron chi connectivity index (χ4n) is 0.719. The molecule has 0 spiro atoms. The molecule has 0 saturated heterocycles. The number of nitrogens with zero attached hydrogens (tertiary/aromatic N) is 1. The van der Waals surface area contributed by atoms with Gasteiger partial charge in [-0.2, -0.15) is 0 Å². The molecule has 0 aliphatic rings. The highest BCUT2D eigenvalue weighted by molar-refractivity contribution is 9.11. The van der Waals surface area contributed by atoms with Gasteiger partial charge in [0.2, 0.25) is 0 Å². The second-order valence-corrected chi connectivity index (χ2v) is 8.22. The van der Waals surface area contributed by atoms with Gasteiger partial charge < -0.3 is 4.55 Å². The minimum absolute atomic E-state index is 0.220. The summed E-state index contributed by atoms with van der Waals surface area (Å²) < 4.78 is 15.2. The van der Waals surface area contributed by atoms with Gasteiger partial charge in [-0.1, -0.05) is 0 Å². The van der Waals surface area contributed by atoms with Crippen LogP contribution in [0.4, 0.5) is 0 Å². The molecular formula is C8H13BrN2OS2. The highest BCUT2D eigenvalue weighted by Gasteiger charge is 2.26. The minimum Gasteiger partial charge on any atom is -0.598 e. The minimum atomic E-state index is -1.01. The summed E-state index contributed by atoms with van der Waals surface area (Å²) in [6.07, 6.45) is 1.78. The lowest BCUT2D eigenvalue weighted by Crippen LogP contribution is -2.38. The first-order valence-electron chi connectivity index (χ1n) is 4.15. The Kier molecular flexibility index (Phi) is 4.39. The van der Waals surface area contributed by atoms with Crippen LogP contribution in [0.5, 0.6) is 0 Å². The third-order valence-electron chi connectivity index (χ3n) is 1.46. The number of hydrogen-bond donors (Lipinski definition) is 1. The Hall–Kier alpha value is 0.380. The quantitative estimate of drug-likeness (QED) is 0.872. The summed E-state index contributed by atoms with van der Waals surface area (Å²) >= 11 is 3.82. The van der Waals surface area contributed by atoms with Crippen LogP contribution in [0, 0.1) is 0 Å². The molecule has 1 N–H and O–H groups in total. The van der Waals surface area contributed by atoms with Gasteiger partial charge in [0.1, 0.15) is 4.75 Å². The topological polar surface area (TPSA) is 48.0 Å². The molecule has 0 aliphatic carbocycles. The maximum atomic E-state index is 11.6. The molecule has 0 fully saturated rings. The van der Waals surface area contributed by atoms with Gasteiger partial charge >= 0.3 is 0 Å². The smallest absolute Gasteiger partial charge is 0.159 e. The molecule has 6 heteroatoms. The third kappa shape index (κ3) is 3.86. The van der Waals surface area contributed by atoms with Crippen LogP contribution in [-0.2, 0) is 17.9 Å². The monoisotopic (exact) mass is 296 g/mol. The number of aromatic nitrogens is 1. The predicted octanol–water partition coefficient (Wildman–Crippen LogP) is 2.46. The molecule has 0 aromatic carbocycles. The second-order valence-electron chi connectivity index (χ2n) is 3.78. The predicted molar refractivity (Wildman–Crippen MR) is 64.5 cm³/mol. The molecular weight excluding hydrogens is 284 g/mol. The summed E-state index contributed by atoms with van der Waals surface area (Å²) in [5.41, 5.74) is 0. The van der Waals surface area contributed by atoms with Crippen LogP contribution >= 0.6 is 27.3 Å². The molecule has 1 atom stereocenters. The van der Waals surface area contributed by atoms with Crippen LogP contribution in [0.25, 0.3) is 0 Å². The van der Waals surface area contributed by atoms with Crippen molar-refractivity contribution < 1.29 is 4.55 Å². The Balaban J connectivity index is 2.41. The highest BCUT2D eigenvalue weighted by atomic mass is 79.9. The lowest BCUT2D eigenvalue weighted by molar-refractivity contribution is 0.544. The average molecular weight is 297 g/mol. The van der Waals surface area contributed by atoms with Crippen LogP contribution in [0.2, 0.25) is 0 Å². The zero-order chi connectivity index (χ0) is 10.8. The van der Waals surface area contributed by atoms with Crippen LogP contribution in [-0.4, -0.2) is 14.3 Å². The van der Waals surface area contributed by atoms with Crippen molar-refractivity contribution in [3.63, 3.8) is 0 Å². The van der Waals surface area contributed by atoms with Crippen LogP contribution in [0.15, 0.2) is 10.1 Å². The normalized spacial score (nSPS) is 14.4. The van der Waals surface area contributed by atoms with Crippen molar-refractivity contribution in [3.05, 3.63) is 15.0 Å². The summed E-state index contributed by atoms with van der Waals surface area (Å²) in [7, 11) is 0. The fraction of sp³-hybridized carbons (Fsp3) is 0.625. The molecule has 80 valence electrons. The van der Waals surface area contributed by atoms with Gasteiger partial charge in [-0.15, -0.1) is 16.1 Å². The molecule has 1 aromatic heterocycles. The molecule has 1 heterocycles. The molecule has 0 amide bonds. The summed E-state index contributed by atoms with van der Waals surface area (Å²) in [6, 6.07) is 0. The highest BCUT2D eigenvalue weighted by Crippen LogP contribution is 2.19. The zero-order valence-electron chi connectivity index (χ0n) is 8.33. The molecule has 0 radical (unpaired) electrons. The average Bonchev–Trinajstić information content (AvgIpc) is 2.45. The van der Waals surface area contributed by atoms with E-state index in [0.29, 0.717) is 6.54 Å². The number of hydrogen-bond acceptors (Lipinski definition) is 4. The molecule has 0 bridgehead atoms. The molecule has 1 unspecified atom stereocenters. The number of thiazole rings is 1. The Morgan fingerprint density at radius 3 is 2.71 bits per heavy atom. The van der Waals surface area contributed by atoms with Crippen molar-refractivity contribution in [2.75, 3.05) is 0 Å². The molecule has 3 nitrogen and oxygen atoms in total. The Morgan fingerprint density at radius 2 is 2.29 bits per heavy atom. The summed E-state index contributed by atoms with van der Waals surface area (Å²) in [5, 5.41) is 0. The second kappa shape index (κ2) is 4.94. The standard InChI is InChI=1S/C8H13BrN2OS2/c1-8(2,3)14(12)11-5-6-4-10-7(9)13-6/h4,11H,5H2,1-3H3. The fourth-order valence-corrected chi connectivity index (χ4v) is 2.83. The summed E-state index contributed by atoms with van der Waals surface area (Å²) in [6.45, 7) is 6.43. The van der Waals surface area contributed by atoms with E-state index in [-0.39, 0.29) is 4.75 Å². The van der Waals surface area contributed by atoms with E-state index in [4.69, 9.17) is 0 Å². The lowest BCUT2D eigenvalue weighted by atomic mass is 10.3. The molecule has 1 rings (SSSR count). The lowest BCUT2D eigenvalue weighted by Gasteiger charge is -2.23. The maximum Gasteiger partial charge on any atom is 0.159 e. The van der Waals surface area contributed by atoms with Gasteiger partial charge in [-0.25, -0.2) is 4.98 Å². The van der Waals surface area contributed by atoms with E-state index >= 15 is 0 Å². The SMILES string of the molecule is CC(C)(C)[S+]([O-])NCc1cnc(Br)s1. The van der Waals surface area contributed by atoms with E-state index < -0.39 is 11.4 Å². The van der Waals surface area contributed by atoms with E-state index in [1.165, 1.54) is 0 Å². The van der Waals surface area contributed by atoms with Crippen molar-refractivity contribution in [2.45, 2.75) is 32.1 Å². The van der Waals surface area contributed by atoms with E-state index in [1.807, 2.05) is 20.8 Å². The summed E-state index contributed by atoms with van der Waals surface area (Å²) in [5.74, 6) is 0.